The second kappa shape index (κ2) is 8.45. The molecule has 0 saturated carbocycles. The smallest absolute Gasteiger partial charge is 0.133 e. The SMILES string of the molecule is C1=C(c2ccccc2)Oc2ccccc2C1OC1C=C(c2ccccc2)Oc2ccccc21. The van der Waals surface area contributed by atoms with Crippen LogP contribution in [-0.2, 0) is 4.74 Å². The van der Waals surface area contributed by atoms with Crippen LogP contribution in [0.5, 0.6) is 11.5 Å². The van der Waals surface area contributed by atoms with Gasteiger partial charge in [0.2, 0.25) is 0 Å². The van der Waals surface area contributed by atoms with Crippen LogP contribution in [0, 0.1) is 0 Å². The van der Waals surface area contributed by atoms with Gasteiger partial charge in [-0.15, -0.1) is 0 Å². The summed E-state index contributed by atoms with van der Waals surface area (Å²) < 4.78 is 19.3. The van der Waals surface area contributed by atoms with Crippen LogP contribution >= 0.6 is 0 Å². The van der Waals surface area contributed by atoms with Gasteiger partial charge < -0.3 is 14.2 Å². The molecule has 2 aliphatic heterocycles. The number of hydrogen-bond acceptors (Lipinski definition) is 3. The molecule has 4 aromatic carbocycles. The van der Waals surface area contributed by atoms with E-state index in [0.717, 1.165) is 45.3 Å². The van der Waals surface area contributed by atoms with Gasteiger partial charge in [0.15, 0.2) is 0 Å². The van der Waals surface area contributed by atoms with Crippen LogP contribution in [0.15, 0.2) is 121 Å². The van der Waals surface area contributed by atoms with Gasteiger partial charge in [-0.25, -0.2) is 0 Å². The first-order valence-corrected chi connectivity index (χ1v) is 11.1. The van der Waals surface area contributed by atoms with Crippen molar-refractivity contribution in [3.8, 4) is 11.5 Å². The van der Waals surface area contributed by atoms with Gasteiger partial charge in [-0.05, 0) is 24.3 Å². The molecule has 0 aliphatic carbocycles. The van der Waals surface area contributed by atoms with E-state index >= 15 is 0 Å². The zero-order valence-electron chi connectivity index (χ0n) is 17.9. The van der Waals surface area contributed by atoms with Crippen LogP contribution in [0.25, 0.3) is 11.5 Å². The first-order chi connectivity index (χ1) is 16.3. The lowest BCUT2D eigenvalue weighted by Crippen LogP contribution is -2.17. The molecule has 3 heteroatoms. The minimum Gasteiger partial charge on any atom is -0.457 e. The fraction of sp³-hybridized carbons (Fsp3) is 0.0667. The zero-order valence-corrected chi connectivity index (χ0v) is 17.9. The van der Waals surface area contributed by atoms with E-state index in [-0.39, 0.29) is 12.2 Å². The van der Waals surface area contributed by atoms with Crippen LogP contribution < -0.4 is 9.47 Å². The lowest BCUT2D eigenvalue weighted by Gasteiger charge is -2.31. The monoisotopic (exact) mass is 430 g/mol. The van der Waals surface area contributed by atoms with E-state index in [2.05, 4.69) is 24.3 Å². The summed E-state index contributed by atoms with van der Waals surface area (Å²) >= 11 is 0. The maximum atomic E-state index is 6.78. The van der Waals surface area contributed by atoms with Gasteiger partial charge in [-0.1, -0.05) is 97.1 Å². The zero-order chi connectivity index (χ0) is 22.0. The van der Waals surface area contributed by atoms with Crippen molar-refractivity contribution in [3.63, 3.8) is 0 Å². The van der Waals surface area contributed by atoms with Gasteiger partial charge >= 0.3 is 0 Å². The van der Waals surface area contributed by atoms with Crippen LogP contribution in [0.4, 0.5) is 0 Å². The van der Waals surface area contributed by atoms with E-state index in [4.69, 9.17) is 14.2 Å². The first kappa shape index (κ1) is 19.6. The van der Waals surface area contributed by atoms with E-state index in [1.807, 2.05) is 97.1 Å². The van der Waals surface area contributed by atoms with Crippen molar-refractivity contribution in [1.29, 1.82) is 0 Å². The summed E-state index contributed by atoms with van der Waals surface area (Å²) in [5.41, 5.74) is 4.06. The molecule has 6 rings (SSSR count). The van der Waals surface area contributed by atoms with E-state index in [1.165, 1.54) is 0 Å². The second-order valence-electron chi connectivity index (χ2n) is 8.05. The molecule has 0 spiro atoms. The summed E-state index contributed by atoms with van der Waals surface area (Å²) in [4.78, 5) is 0. The minimum atomic E-state index is -0.269. The largest absolute Gasteiger partial charge is 0.457 e. The minimum absolute atomic E-state index is 0.269. The molecule has 0 radical (unpaired) electrons. The maximum absolute atomic E-state index is 6.78. The number of fused-ring (bicyclic) bond motifs is 2. The summed E-state index contributed by atoms with van der Waals surface area (Å²) in [7, 11) is 0. The first-order valence-electron chi connectivity index (χ1n) is 11.1. The molecule has 2 atom stereocenters. The Labute approximate surface area is 193 Å². The molecule has 160 valence electrons. The van der Waals surface area contributed by atoms with E-state index in [9.17, 15) is 0 Å². The predicted molar refractivity (Wildman–Crippen MR) is 130 cm³/mol. The molecule has 0 bridgehead atoms. The third kappa shape index (κ3) is 3.84. The van der Waals surface area contributed by atoms with Crippen molar-refractivity contribution in [2.24, 2.45) is 0 Å². The van der Waals surface area contributed by atoms with Crippen LogP contribution in [0.2, 0.25) is 0 Å². The Hall–Kier alpha value is -4.08. The Kier molecular flexibility index (Phi) is 5.02. The number of rotatable bonds is 4. The summed E-state index contributed by atoms with van der Waals surface area (Å²) in [5.74, 6) is 3.23. The van der Waals surface area contributed by atoms with Crippen molar-refractivity contribution in [2.45, 2.75) is 12.2 Å². The molecule has 0 amide bonds. The van der Waals surface area contributed by atoms with Crippen LogP contribution in [-0.4, -0.2) is 0 Å². The highest BCUT2D eigenvalue weighted by atomic mass is 16.5. The summed E-state index contributed by atoms with van der Waals surface area (Å²) in [5, 5.41) is 0. The lowest BCUT2D eigenvalue weighted by molar-refractivity contribution is 0.0330. The second-order valence-corrected chi connectivity index (χ2v) is 8.05. The molecule has 4 aromatic rings. The Bertz CT molecular complexity index is 1230. The molecule has 0 saturated heterocycles. The molecule has 2 unspecified atom stereocenters. The van der Waals surface area contributed by atoms with Gasteiger partial charge in [-0.3, -0.25) is 0 Å². The average molecular weight is 431 g/mol. The van der Waals surface area contributed by atoms with Gasteiger partial charge in [0.25, 0.3) is 0 Å². The highest BCUT2D eigenvalue weighted by molar-refractivity contribution is 5.68. The fourth-order valence-corrected chi connectivity index (χ4v) is 4.27. The van der Waals surface area contributed by atoms with Gasteiger partial charge in [0, 0.05) is 22.3 Å². The maximum Gasteiger partial charge on any atom is 0.133 e. The van der Waals surface area contributed by atoms with Gasteiger partial charge in [0.05, 0.1) is 0 Å². The van der Waals surface area contributed by atoms with E-state index < -0.39 is 0 Å². The van der Waals surface area contributed by atoms with Gasteiger partial charge in [0.1, 0.15) is 35.2 Å². The van der Waals surface area contributed by atoms with Crippen molar-refractivity contribution in [3.05, 3.63) is 144 Å². The molecule has 33 heavy (non-hydrogen) atoms. The lowest BCUT2D eigenvalue weighted by atomic mass is 9.99. The molecule has 0 N–H and O–H groups in total. The van der Waals surface area contributed by atoms with Crippen molar-refractivity contribution in [1.82, 2.24) is 0 Å². The average Bonchev–Trinajstić information content (AvgIpc) is 2.89. The standard InChI is InChI=1S/C30H22O3/c1-3-11-21(12-4-1)27-19-29(23-15-7-9-17-25(23)31-27)33-30-20-28(22-13-5-2-6-14-22)32-26-18-10-8-16-24(26)30/h1-20,29-30H. The normalized spacial score (nSPS) is 18.7. The Balaban J connectivity index is 1.41. The van der Waals surface area contributed by atoms with E-state index in [1.54, 1.807) is 0 Å². The number of para-hydroxylation sites is 2. The van der Waals surface area contributed by atoms with Crippen LogP contribution in [0.3, 0.4) is 0 Å². The molecule has 3 nitrogen and oxygen atoms in total. The number of hydrogen-bond donors (Lipinski definition) is 0. The highest BCUT2D eigenvalue weighted by Gasteiger charge is 2.29. The number of ether oxygens (including phenoxy) is 3. The molecule has 2 aliphatic rings. The number of benzene rings is 4. The third-order valence-electron chi connectivity index (χ3n) is 5.91. The summed E-state index contributed by atoms with van der Waals surface area (Å²) in [6, 6.07) is 36.4. The summed E-state index contributed by atoms with van der Waals surface area (Å²) in [6.07, 6.45) is 3.58. The topological polar surface area (TPSA) is 27.7 Å². The Morgan fingerprint density at radius 1 is 0.455 bits per heavy atom. The predicted octanol–water partition coefficient (Wildman–Crippen LogP) is 7.35. The van der Waals surface area contributed by atoms with Crippen LogP contribution in [0.1, 0.15) is 34.5 Å². The third-order valence-corrected chi connectivity index (χ3v) is 5.91. The quantitative estimate of drug-likeness (QED) is 0.339. The van der Waals surface area contributed by atoms with Crippen molar-refractivity contribution in [2.75, 3.05) is 0 Å². The highest BCUT2D eigenvalue weighted by Crippen LogP contribution is 2.44. The Morgan fingerprint density at radius 2 is 0.848 bits per heavy atom. The molecular weight excluding hydrogens is 408 g/mol. The Morgan fingerprint density at radius 3 is 1.30 bits per heavy atom. The molecule has 2 heterocycles. The van der Waals surface area contributed by atoms with E-state index in [0.29, 0.717) is 0 Å². The van der Waals surface area contributed by atoms with Gasteiger partial charge in [-0.2, -0.15) is 0 Å². The summed E-state index contributed by atoms with van der Waals surface area (Å²) in [6.45, 7) is 0. The molecular formula is C30H22O3. The fourth-order valence-electron chi connectivity index (χ4n) is 4.27. The molecule has 0 fully saturated rings. The van der Waals surface area contributed by atoms with Crippen molar-refractivity contribution < 1.29 is 14.2 Å². The molecule has 0 aromatic heterocycles. The van der Waals surface area contributed by atoms with Crippen molar-refractivity contribution >= 4 is 11.5 Å².